The van der Waals surface area contributed by atoms with Gasteiger partial charge in [-0.1, -0.05) is 56.8 Å². The average molecular weight is 415 g/mol. The van der Waals surface area contributed by atoms with E-state index >= 15 is 0 Å². The zero-order chi connectivity index (χ0) is 21.0. The molecule has 0 spiro atoms. The summed E-state index contributed by atoms with van der Waals surface area (Å²) < 4.78 is 0. The van der Waals surface area contributed by atoms with E-state index in [4.69, 9.17) is 9.97 Å². The number of anilines is 1. The Morgan fingerprint density at radius 3 is 2.38 bits per heavy atom. The van der Waals surface area contributed by atoms with E-state index in [9.17, 15) is 9.90 Å². The first kappa shape index (κ1) is 21.6. The Balaban J connectivity index is 1.77. The maximum Gasteiger partial charge on any atom is 0.190 e. The molecule has 0 amide bonds. The summed E-state index contributed by atoms with van der Waals surface area (Å²) >= 11 is 1.58. The van der Waals surface area contributed by atoms with Gasteiger partial charge in [-0.2, -0.15) is 0 Å². The van der Waals surface area contributed by atoms with Gasteiger partial charge in [0.05, 0.1) is 44.4 Å². The highest BCUT2D eigenvalue weighted by Crippen LogP contribution is 2.28. The van der Waals surface area contributed by atoms with Crippen LogP contribution in [0.2, 0.25) is 0 Å². The lowest BCUT2D eigenvalue weighted by molar-refractivity contribution is -0.898. The second-order valence-corrected chi connectivity index (χ2v) is 9.45. The number of rotatable bonds is 6. The highest BCUT2D eigenvalue weighted by atomic mass is 32.2. The number of aromatic nitrogens is 2. The van der Waals surface area contributed by atoms with Crippen molar-refractivity contribution < 1.29 is 14.8 Å². The number of quaternary nitrogens is 1. The molecule has 6 nitrogen and oxygen atoms in total. The smallest absolute Gasteiger partial charge is 0.190 e. The van der Waals surface area contributed by atoms with Gasteiger partial charge in [-0.05, 0) is 18.1 Å². The molecule has 3 rings (SSSR count). The van der Waals surface area contributed by atoms with Crippen LogP contribution in [0.1, 0.15) is 49.3 Å². The predicted octanol–water partition coefficient (Wildman–Crippen LogP) is 1.15. The SMILES string of the molecule is CC[NH+]1CCN(c2cc(C(C)(C)C)nc(SCc3ccc(C(=O)[O-])cc3)n2)CC1. The van der Waals surface area contributed by atoms with E-state index in [1.165, 1.54) is 6.54 Å². The van der Waals surface area contributed by atoms with Crippen LogP contribution >= 0.6 is 11.8 Å². The first-order valence-electron chi connectivity index (χ1n) is 10.2. The molecule has 2 heterocycles. The number of piperazine rings is 1. The summed E-state index contributed by atoms with van der Waals surface area (Å²) in [6.07, 6.45) is 0. The molecule has 0 bridgehead atoms. The van der Waals surface area contributed by atoms with Crippen LogP contribution in [-0.2, 0) is 11.2 Å². The van der Waals surface area contributed by atoms with E-state index in [1.54, 1.807) is 28.8 Å². The fourth-order valence-electron chi connectivity index (χ4n) is 3.31. The van der Waals surface area contributed by atoms with E-state index in [0.29, 0.717) is 5.75 Å². The number of carboxylic acid groups (broad SMARTS) is 1. The van der Waals surface area contributed by atoms with Crippen molar-refractivity contribution in [1.82, 2.24) is 9.97 Å². The second-order valence-electron chi connectivity index (χ2n) is 8.51. The minimum atomic E-state index is -1.15. The Labute approximate surface area is 177 Å². The lowest BCUT2D eigenvalue weighted by Crippen LogP contribution is -3.14. The molecule has 2 aromatic rings. The molecule has 1 aromatic carbocycles. The molecule has 0 unspecified atom stereocenters. The van der Waals surface area contributed by atoms with Crippen molar-refractivity contribution in [1.29, 1.82) is 0 Å². The van der Waals surface area contributed by atoms with Crippen LogP contribution in [0.25, 0.3) is 0 Å². The highest BCUT2D eigenvalue weighted by molar-refractivity contribution is 7.98. The van der Waals surface area contributed by atoms with Crippen molar-refractivity contribution in [3.8, 4) is 0 Å². The summed E-state index contributed by atoms with van der Waals surface area (Å²) in [4.78, 5) is 24.6. The number of thioether (sulfide) groups is 1. The monoisotopic (exact) mass is 414 g/mol. The van der Waals surface area contributed by atoms with Gasteiger partial charge >= 0.3 is 0 Å². The Kier molecular flexibility index (Phi) is 6.80. The molecule has 1 fully saturated rings. The average Bonchev–Trinajstić information content (AvgIpc) is 2.71. The molecule has 1 aliphatic rings. The Bertz CT molecular complexity index is 841. The molecular formula is C22H30N4O2S. The zero-order valence-corrected chi connectivity index (χ0v) is 18.5. The summed E-state index contributed by atoms with van der Waals surface area (Å²) in [6, 6.07) is 8.94. The number of nitrogens with one attached hydrogen (secondary N) is 1. The molecule has 0 aliphatic carbocycles. The van der Waals surface area contributed by atoms with Gasteiger partial charge in [0.15, 0.2) is 5.16 Å². The van der Waals surface area contributed by atoms with Crippen LogP contribution in [-0.4, -0.2) is 48.7 Å². The normalized spacial score (nSPS) is 15.5. The summed E-state index contributed by atoms with van der Waals surface area (Å²) in [6.45, 7) is 14.2. The molecule has 0 saturated carbocycles. The molecule has 0 atom stereocenters. The van der Waals surface area contributed by atoms with Gasteiger partial charge in [-0.3, -0.25) is 0 Å². The minimum Gasteiger partial charge on any atom is -0.545 e. The fraction of sp³-hybridized carbons (Fsp3) is 0.500. The van der Waals surface area contributed by atoms with Crippen LogP contribution in [0.4, 0.5) is 5.82 Å². The number of carbonyl (C=O) groups is 1. The lowest BCUT2D eigenvalue weighted by Gasteiger charge is -2.33. The maximum atomic E-state index is 10.9. The molecule has 1 saturated heterocycles. The van der Waals surface area contributed by atoms with Crippen LogP contribution in [0.5, 0.6) is 0 Å². The Morgan fingerprint density at radius 1 is 1.17 bits per heavy atom. The van der Waals surface area contributed by atoms with Gasteiger partial charge in [0, 0.05) is 17.2 Å². The van der Waals surface area contributed by atoms with Gasteiger partial charge in [0.25, 0.3) is 0 Å². The summed E-state index contributed by atoms with van der Waals surface area (Å²) in [7, 11) is 0. The van der Waals surface area contributed by atoms with E-state index in [2.05, 4.69) is 38.7 Å². The van der Waals surface area contributed by atoms with E-state index in [0.717, 1.165) is 48.4 Å². The van der Waals surface area contributed by atoms with Crippen molar-refractivity contribution in [2.45, 2.75) is 44.0 Å². The van der Waals surface area contributed by atoms with E-state index in [-0.39, 0.29) is 11.0 Å². The van der Waals surface area contributed by atoms with Crippen molar-refractivity contribution in [2.24, 2.45) is 0 Å². The first-order chi connectivity index (χ1) is 13.8. The quantitative estimate of drug-likeness (QED) is 0.565. The van der Waals surface area contributed by atoms with Crippen LogP contribution < -0.4 is 14.9 Å². The minimum absolute atomic E-state index is 0.0559. The molecule has 156 valence electrons. The predicted molar refractivity (Wildman–Crippen MR) is 115 cm³/mol. The summed E-state index contributed by atoms with van der Waals surface area (Å²) in [5.41, 5.74) is 2.22. The van der Waals surface area contributed by atoms with Gasteiger partial charge in [-0.15, -0.1) is 0 Å². The molecule has 1 aromatic heterocycles. The molecule has 1 aliphatic heterocycles. The molecular weight excluding hydrogens is 384 g/mol. The fourth-order valence-corrected chi connectivity index (χ4v) is 4.12. The molecule has 7 heteroatoms. The standard InChI is InChI=1S/C22H30N4O2S/c1-5-25-10-12-26(13-11-25)19-14-18(22(2,3)4)23-21(24-19)29-15-16-6-8-17(9-7-16)20(27)28/h6-9,14H,5,10-13,15H2,1-4H3,(H,27,28). The van der Waals surface area contributed by atoms with E-state index < -0.39 is 5.97 Å². The van der Waals surface area contributed by atoms with Crippen molar-refractivity contribution in [3.63, 3.8) is 0 Å². The van der Waals surface area contributed by atoms with Crippen LogP contribution in [0.15, 0.2) is 35.5 Å². The third-order valence-electron chi connectivity index (χ3n) is 5.31. The largest absolute Gasteiger partial charge is 0.545 e. The maximum absolute atomic E-state index is 10.9. The van der Waals surface area contributed by atoms with Crippen molar-refractivity contribution in [3.05, 3.63) is 47.2 Å². The third-order valence-corrected chi connectivity index (χ3v) is 6.23. The number of nitrogens with zero attached hydrogens (tertiary/aromatic N) is 3. The van der Waals surface area contributed by atoms with Gasteiger partial charge in [0.2, 0.25) is 0 Å². The number of benzene rings is 1. The molecule has 0 radical (unpaired) electrons. The van der Waals surface area contributed by atoms with E-state index in [1.807, 2.05) is 12.1 Å². The first-order valence-corrected chi connectivity index (χ1v) is 11.2. The second kappa shape index (κ2) is 9.13. The van der Waals surface area contributed by atoms with Crippen LogP contribution in [0.3, 0.4) is 0 Å². The zero-order valence-electron chi connectivity index (χ0n) is 17.7. The number of aromatic carboxylic acids is 1. The van der Waals surface area contributed by atoms with Gasteiger partial charge < -0.3 is 19.7 Å². The topological polar surface area (TPSA) is 73.6 Å². The molecule has 29 heavy (non-hydrogen) atoms. The number of carboxylic acids is 1. The Morgan fingerprint density at radius 2 is 1.83 bits per heavy atom. The third kappa shape index (κ3) is 5.70. The Hall–Kier alpha value is -2.12. The number of carbonyl (C=O) groups excluding carboxylic acids is 1. The highest BCUT2D eigenvalue weighted by Gasteiger charge is 2.24. The van der Waals surface area contributed by atoms with Gasteiger partial charge in [0.1, 0.15) is 5.82 Å². The molecule has 1 N–H and O–H groups in total. The lowest BCUT2D eigenvalue weighted by atomic mass is 9.92. The number of hydrogen-bond donors (Lipinski definition) is 1. The van der Waals surface area contributed by atoms with Crippen LogP contribution in [0, 0.1) is 0 Å². The number of hydrogen-bond acceptors (Lipinski definition) is 6. The van der Waals surface area contributed by atoms with Crippen molar-refractivity contribution >= 4 is 23.5 Å². The van der Waals surface area contributed by atoms with Crippen molar-refractivity contribution in [2.75, 3.05) is 37.6 Å². The van der Waals surface area contributed by atoms with Gasteiger partial charge in [-0.25, -0.2) is 9.97 Å². The number of likely N-dealkylation sites (N-methyl/N-ethyl adjacent to an activating group) is 1. The summed E-state index contributed by atoms with van der Waals surface area (Å²) in [5.74, 6) is 0.545. The summed E-state index contributed by atoms with van der Waals surface area (Å²) in [5, 5.41) is 11.7.